The molecule has 124 valence electrons. The van der Waals surface area contributed by atoms with E-state index in [4.69, 9.17) is 0 Å². The normalized spacial score (nSPS) is 24.0. The van der Waals surface area contributed by atoms with E-state index >= 15 is 0 Å². The Morgan fingerprint density at radius 1 is 0.640 bits per heavy atom. The number of benzene rings is 3. The van der Waals surface area contributed by atoms with Gasteiger partial charge in [0.05, 0.1) is 0 Å². The molecule has 25 heavy (non-hydrogen) atoms. The highest BCUT2D eigenvalue weighted by Gasteiger charge is 2.69. The molecule has 0 bridgehead atoms. The molecule has 2 atom stereocenters. The van der Waals surface area contributed by atoms with Crippen LogP contribution in [0.1, 0.15) is 16.7 Å². The topological polar surface area (TPSA) is 3.24 Å². The Hall–Kier alpha value is -2.38. The van der Waals surface area contributed by atoms with Gasteiger partial charge in [-0.1, -0.05) is 91.0 Å². The molecule has 0 aromatic heterocycles. The van der Waals surface area contributed by atoms with Gasteiger partial charge in [0.15, 0.2) is 0 Å². The molecule has 0 radical (unpaired) electrons. The van der Waals surface area contributed by atoms with E-state index in [9.17, 15) is 0 Å². The smallest absolute Gasteiger partial charge is 0.0290 e. The van der Waals surface area contributed by atoms with Crippen LogP contribution in [0, 0.1) is 11.8 Å². The summed E-state index contributed by atoms with van der Waals surface area (Å²) in [5.41, 5.74) is 4.65. The maximum Gasteiger partial charge on any atom is 0.0290 e. The van der Waals surface area contributed by atoms with Crippen molar-refractivity contribution in [1.29, 1.82) is 0 Å². The Kier molecular flexibility index (Phi) is 3.50. The van der Waals surface area contributed by atoms with Crippen molar-refractivity contribution < 1.29 is 0 Å². The monoisotopic (exact) mass is 325 g/mol. The zero-order chi connectivity index (χ0) is 16.7. The second-order valence-corrected chi connectivity index (χ2v) is 7.49. The van der Waals surface area contributed by atoms with Gasteiger partial charge in [0.25, 0.3) is 0 Å². The van der Waals surface area contributed by atoms with Crippen molar-refractivity contribution in [3.63, 3.8) is 0 Å². The van der Waals surface area contributed by atoms with E-state index in [1.54, 1.807) is 0 Å². The molecule has 0 N–H and O–H groups in total. The number of nitrogens with zero attached hydrogens (tertiary/aromatic N) is 1. The van der Waals surface area contributed by atoms with Crippen LogP contribution in [0.5, 0.6) is 0 Å². The fraction of sp³-hybridized carbons (Fsp3) is 0.250. The van der Waals surface area contributed by atoms with Gasteiger partial charge in [-0.05, 0) is 28.5 Å². The van der Waals surface area contributed by atoms with Gasteiger partial charge in [-0.3, -0.25) is 4.90 Å². The van der Waals surface area contributed by atoms with Crippen LogP contribution in [0.25, 0.3) is 0 Å². The molecule has 3 aromatic rings. The minimum absolute atomic E-state index is 0.232. The summed E-state index contributed by atoms with van der Waals surface area (Å²) in [7, 11) is 0. The molecule has 1 aliphatic carbocycles. The lowest BCUT2D eigenvalue weighted by atomic mass is 9.83. The first-order valence-corrected chi connectivity index (χ1v) is 9.26. The quantitative estimate of drug-likeness (QED) is 0.670. The molecule has 1 saturated carbocycles. The second-order valence-electron chi connectivity index (χ2n) is 7.49. The Bertz CT molecular complexity index is 788. The molecule has 1 heterocycles. The summed E-state index contributed by atoms with van der Waals surface area (Å²) in [6, 6.07) is 33.2. The number of fused-ring (bicyclic) bond motifs is 1. The minimum atomic E-state index is 0.232. The SMILES string of the molecule is c1ccc(CN2CC3C(C2)C3(c2ccccc2)c2ccccc2)cc1. The number of rotatable bonds is 4. The predicted molar refractivity (Wildman–Crippen MR) is 102 cm³/mol. The summed E-state index contributed by atoms with van der Waals surface area (Å²) in [4.78, 5) is 2.63. The zero-order valence-corrected chi connectivity index (χ0v) is 14.4. The molecule has 2 unspecified atom stereocenters. The summed E-state index contributed by atoms with van der Waals surface area (Å²) >= 11 is 0. The van der Waals surface area contributed by atoms with Crippen LogP contribution in [0.2, 0.25) is 0 Å². The van der Waals surface area contributed by atoms with Gasteiger partial charge in [0, 0.05) is 25.0 Å². The first-order chi connectivity index (χ1) is 12.4. The molecule has 2 aliphatic rings. The van der Waals surface area contributed by atoms with Crippen LogP contribution < -0.4 is 0 Å². The van der Waals surface area contributed by atoms with Crippen LogP contribution in [-0.2, 0) is 12.0 Å². The van der Waals surface area contributed by atoms with E-state index in [1.165, 1.54) is 29.8 Å². The van der Waals surface area contributed by atoms with Crippen molar-refractivity contribution in [3.05, 3.63) is 108 Å². The summed E-state index contributed by atoms with van der Waals surface area (Å²) in [6.07, 6.45) is 0. The predicted octanol–water partition coefficient (Wildman–Crippen LogP) is 4.73. The molecule has 1 saturated heterocycles. The van der Waals surface area contributed by atoms with Gasteiger partial charge in [0.1, 0.15) is 0 Å². The summed E-state index contributed by atoms with van der Waals surface area (Å²) < 4.78 is 0. The van der Waals surface area contributed by atoms with Crippen molar-refractivity contribution in [2.45, 2.75) is 12.0 Å². The maximum absolute atomic E-state index is 2.63. The van der Waals surface area contributed by atoms with Crippen LogP contribution in [0.3, 0.4) is 0 Å². The average Bonchev–Trinajstić information content (AvgIpc) is 3.09. The number of piperidine rings is 1. The lowest BCUT2D eigenvalue weighted by Crippen LogP contribution is -2.30. The number of likely N-dealkylation sites (tertiary alicyclic amines) is 1. The third-order valence-electron chi connectivity index (χ3n) is 6.21. The Labute approximate surface area is 149 Å². The van der Waals surface area contributed by atoms with Gasteiger partial charge in [-0.15, -0.1) is 0 Å². The van der Waals surface area contributed by atoms with Gasteiger partial charge < -0.3 is 0 Å². The van der Waals surface area contributed by atoms with Crippen LogP contribution in [-0.4, -0.2) is 18.0 Å². The first-order valence-electron chi connectivity index (χ1n) is 9.26. The Morgan fingerprint density at radius 2 is 1.08 bits per heavy atom. The highest BCUT2D eigenvalue weighted by Crippen LogP contribution is 2.67. The molecule has 1 aliphatic heterocycles. The molecule has 1 nitrogen and oxygen atoms in total. The van der Waals surface area contributed by atoms with Gasteiger partial charge >= 0.3 is 0 Å². The van der Waals surface area contributed by atoms with Gasteiger partial charge in [-0.25, -0.2) is 0 Å². The van der Waals surface area contributed by atoms with Crippen LogP contribution in [0.4, 0.5) is 0 Å². The first kappa shape index (κ1) is 14.9. The fourth-order valence-corrected chi connectivity index (χ4v) is 5.13. The molecular weight excluding hydrogens is 302 g/mol. The number of hydrogen-bond acceptors (Lipinski definition) is 1. The van der Waals surface area contributed by atoms with E-state index in [0.29, 0.717) is 0 Å². The van der Waals surface area contributed by atoms with Crippen LogP contribution in [0.15, 0.2) is 91.0 Å². The third kappa shape index (κ3) is 2.34. The van der Waals surface area contributed by atoms with Crippen LogP contribution >= 0.6 is 0 Å². The largest absolute Gasteiger partial charge is 0.298 e. The Morgan fingerprint density at radius 3 is 1.56 bits per heavy atom. The van der Waals surface area contributed by atoms with Gasteiger partial charge in [-0.2, -0.15) is 0 Å². The average molecular weight is 325 g/mol. The van der Waals surface area contributed by atoms with E-state index in [1.807, 2.05) is 0 Å². The molecule has 3 aromatic carbocycles. The van der Waals surface area contributed by atoms with E-state index in [0.717, 1.165) is 18.4 Å². The fourth-order valence-electron chi connectivity index (χ4n) is 5.13. The summed E-state index contributed by atoms with van der Waals surface area (Å²) in [6.45, 7) is 3.47. The molecule has 1 heteroatoms. The molecular formula is C24H23N. The third-order valence-corrected chi connectivity index (χ3v) is 6.21. The van der Waals surface area contributed by atoms with Crippen molar-refractivity contribution >= 4 is 0 Å². The number of hydrogen-bond donors (Lipinski definition) is 0. The van der Waals surface area contributed by atoms with Crippen molar-refractivity contribution in [2.24, 2.45) is 11.8 Å². The highest BCUT2D eigenvalue weighted by atomic mass is 15.2. The lowest BCUT2D eigenvalue weighted by molar-refractivity contribution is 0.275. The zero-order valence-electron chi connectivity index (χ0n) is 14.4. The standard InChI is InChI=1S/C24H23N/c1-4-10-19(11-5-1)16-25-17-22-23(18-25)24(22,20-12-6-2-7-13-20)21-14-8-3-9-15-21/h1-15,22-23H,16-18H2. The lowest BCUT2D eigenvalue weighted by Gasteiger charge is -2.28. The Balaban J connectivity index is 1.43. The van der Waals surface area contributed by atoms with Crippen molar-refractivity contribution in [3.8, 4) is 0 Å². The maximum atomic E-state index is 2.63. The highest BCUT2D eigenvalue weighted by molar-refractivity contribution is 5.51. The summed E-state index contributed by atoms with van der Waals surface area (Å²) in [5, 5.41) is 0. The minimum Gasteiger partial charge on any atom is -0.298 e. The van der Waals surface area contributed by atoms with E-state index in [-0.39, 0.29) is 5.41 Å². The van der Waals surface area contributed by atoms with E-state index in [2.05, 4.69) is 95.9 Å². The molecule has 0 amide bonds. The molecule has 5 rings (SSSR count). The molecule has 2 fully saturated rings. The summed E-state index contributed by atoms with van der Waals surface area (Å²) in [5.74, 6) is 1.47. The van der Waals surface area contributed by atoms with Crippen molar-refractivity contribution in [2.75, 3.05) is 13.1 Å². The van der Waals surface area contributed by atoms with E-state index < -0.39 is 0 Å². The van der Waals surface area contributed by atoms with Gasteiger partial charge in [0.2, 0.25) is 0 Å². The van der Waals surface area contributed by atoms with Crippen molar-refractivity contribution in [1.82, 2.24) is 4.90 Å². The second kappa shape index (κ2) is 5.86. The molecule has 0 spiro atoms.